The normalized spacial score (nSPS) is 10.8. The van der Waals surface area contributed by atoms with E-state index >= 15 is 0 Å². The fourth-order valence-corrected chi connectivity index (χ4v) is 3.54. The van der Waals surface area contributed by atoms with E-state index in [1.54, 1.807) is 12.1 Å². The van der Waals surface area contributed by atoms with Crippen LogP contribution in [-0.2, 0) is 19.5 Å². The maximum atomic E-state index is 12.8. The van der Waals surface area contributed by atoms with Gasteiger partial charge < -0.3 is 14.2 Å². The summed E-state index contributed by atoms with van der Waals surface area (Å²) in [5.41, 5.74) is 0.0403. The SMILES string of the molecule is CCOc1ccc(NS(=O)(=O)c2cc(C(=O)OC)ccc2C(=O)OC)cc1. The molecule has 0 unspecified atom stereocenters. The van der Waals surface area contributed by atoms with Gasteiger partial charge in [0.05, 0.1) is 32.0 Å². The molecule has 2 aromatic rings. The number of sulfonamides is 1. The van der Waals surface area contributed by atoms with Gasteiger partial charge in [-0.25, -0.2) is 18.0 Å². The molecule has 2 aromatic carbocycles. The highest BCUT2D eigenvalue weighted by Gasteiger charge is 2.25. The van der Waals surface area contributed by atoms with E-state index in [0.29, 0.717) is 12.4 Å². The summed E-state index contributed by atoms with van der Waals surface area (Å²) in [6, 6.07) is 9.80. The molecular formula is C18H19NO7S. The molecule has 0 saturated heterocycles. The van der Waals surface area contributed by atoms with Crippen LogP contribution in [-0.4, -0.2) is 41.2 Å². The number of rotatable bonds is 7. The molecule has 0 fully saturated rings. The van der Waals surface area contributed by atoms with Crippen molar-refractivity contribution in [3.8, 4) is 5.75 Å². The Morgan fingerprint density at radius 3 is 2.15 bits per heavy atom. The van der Waals surface area contributed by atoms with E-state index in [1.807, 2.05) is 6.92 Å². The summed E-state index contributed by atoms with van der Waals surface area (Å²) >= 11 is 0. The monoisotopic (exact) mass is 393 g/mol. The molecule has 27 heavy (non-hydrogen) atoms. The first-order valence-electron chi connectivity index (χ1n) is 7.88. The second-order valence-electron chi connectivity index (χ2n) is 5.26. The van der Waals surface area contributed by atoms with Crippen LogP contribution in [0.2, 0.25) is 0 Å². The van der Waals surface area contributed by atoms with Gasteiger partial charge in [-0.15, -0.1) is 0 Å². The van der Waals surface area contributed by atoms with Crippen molar-refractivity contribution in [2.75, 3.05) is 25.5 Å². The van der Waals surface area contributed by atoms with E-state index < -0.39 is 26.9 Å². The number of hydrogen-bond acceptors (Lipinski definition) is 7. The van der Waals surface area contributed by atoms with Crippen LogP contribution in [0.3, 0.4) is 0 Å². The fourth-order valence-electron chi connectivity index (χ4n) is 2.26. The summed E-state index contributed by atoms with van der Waals surface area (Å²) in [6.07, 6.45) is 0. The van der Waals surface area contributed by atoms with Crippen LogP contribution in [0.15, 0.2) is 47.4 Å². The lowest BCUT2D eigenvalue weighted by molar-refractivity contribution is 0.0583. The maximum Gasteiger partial charge on any atom is 0.339 e. The highest BCUT2D eigenvalue weighted by molar-refractivity contribution is 7.92. The van der Waals surface area contributed by atoms with Crippen molar-refractivity contribution in [3.63, 3.8) is 0 Å². The Kier molecular flexibility index (Phi) is 6.40. The van der Waals surface area contributed by atoms with Crippen LogP contribution in [0.25, 0.3) is 0 Å². The van der Waals surface area contributed by atoms with Crippen molar-refractivity contribution in [1.82, 2.24) is 0 Å². The zero-order valence-electron chi connectivity index (χ0n) is 15.0. The lowest BCUT2D eigenvalue weighted by atomic mass is 10.1. The van der Waals surface area contributed by atoms with Crippen molar-refractivity contribution >= 4 is 27.6 Å². The van der Waals surface area contributed by atoms with Crippen molar-refractivity contribution in [1.29, 1.82) is 0 Å². The molecule has 0 saturated carbocycles. The van der Waals surface area contributed by atoms with Gasteiger partial charge in [-0.1, -0.05) is 0 Å². The van der Waals surface area contributed by atoms with Crippen LogP contribution < -0.4 is 9.46 Å². The minimum atomic E-state index is -4.19. The molecule has 0 aliphatic heterocycles. The Balaban J connectivity index is 2.45. The summed E-state index contributed by atoms with van der Waals surface area (Å²) < 4.78 is 42.5. The molecule has 144 valence electrons. The first-order valence-corrected chi connectivity index (χ1v) is 9.37. The summed E-state index contributed by atoms with van der Waals surface area (Å²) in [6.45, 7) is 2.31. The van der Waals surface area contributed by atoms with Crippen LogP contribution in [0.5, 0.6) is 5.75 Å². The Morgan fingerprint density at radius 2 is 1.59 bits per heavy atom. The summed E-state index contributed by atoms with van der Waals surface area (Å²) in [5.74, 6) is -0.995. The van der Waals surface area contributed by atoms with Gasteiger partial charge in [0.25, 0.3) is 10.0 Å². The number of methoxy groups -OCH3 is 2. The second-order valence-corrected chi connectivity index (χ2v) is 6.91. The van der Waals surface area contributed by atoms with Crippen LogP contribution >= 0.6 is 0 Å². The number of hydrogen-bond donors (Lipinski definition) is 1. The summed E-state index contributed by atoms with van der Waals surface area (Å²) in [7, 11) is -1.89. The molecule has 9 heteroatoms. The zero-order valence-corrected chi connectivity index (χ0v) is 15.8. The minimum Gasteiger partial charge on any atom is -0.494 e. The van der Waals surface area contributed by atoms with Gasteiger partial charge in [0, 0.05) is 5.69 Å². The molecule has 0 heterocycles. The molecule has 0 atom stereocenters. The number of anilines is 1. The second kappa shape index (κ2) is 8.54. The molecule has 0 amide bonds. The van der Waals surface area contributed by atoms with Gasteiger partial charge in [0.15, 0.2) is 0 Å². The number of esters is 2. The van der Waals surface area contributed by atoms with E-state index in [-0.39, 0.29) is 16.8 Å². The van der Waals surface area contributed by atoms with Gasteiger partial charge in [-0.05, 0) is 49.4 Å². The Labute approximate surface area is 157 Å². The van der Waals surface area contributed by atoms with Crippen molar-refractivity contribution in [3.05, 3.63) is 53.6 Å². The van der Waals surface area contributed by atoms with Gasteiger partial charge in [0.1, 0.15) is 10.6 Å². The Bertz CT molecular complexity index is 937. The Hall–Kier alpha value is -3.07. The molecule has 0 bridgehead atoms. The fraction of sp³-hybridized carbons (Fsp3) is 0.222. The average Bonchev–Trinajstić information content (AvgIpc) is 2.67. The number of carbonyl (C=O) groups is 2. The Morgan fingerprint density at radius 1 is 0.963 bits per heavy atom. The first-order chi connectivity index (χ1) is 12.8. The van der Waals surface area contributed by atoms with Crippen LogP contribution in [0.4, 0.5) is 5.69 Å². The van der Waals surface area contributed by atoms with Gasteiger partial charge in [0.2, 0.25) is 0 Å². The predicted molar refractivity (Wildman–Crippen MR) is 97.5 cm³/mol. The predicted octanol–water partition coefficient (Wildman–Crippen LogP) is 2.46. The largest absolute Gasteiger partial charge is 0.494 e. The number of ether oxygens (including phenoxy) is 3. The third-order valence-electron chi connectivity index (χ3n) is 3.52. The average molecular weight is 393 g/mol. The van der Waals surface area contributed by atoms with Gasteiger partial charge >= 0.3 is 11.9 Å². The molecule has 0 aliphatic carbocycles. The molecule has 0 aromatic heterocycles. The first kappa shape index (κ1) is 20.2. The van der Waals surface area contributed by atoms with E-state index in [1.165, 1.54) is 31.4 Å². The topological polar surface area (TPSA) is 108 Å². The summed E-state index contributed by atoms with van der Waals surface area (Å²) in [5, 5.41) is 0. The molecular weight excluding hydrogens is 374 g/mol. The zero-order chi connectivity index (χ0) is 20.0. The highest BCUT2D eigenvalue weighted by atomic mass is 32.2. The number of benzene rings is 2. The van der Waals surface area contributed by atoms with Crippen molar-refractivity contribution in [2.24, 2.45) is 0 Å². The molecule has 8 nitrogen and oxygen atoms in total. The van der Waals surface area contributed by atoms with E-state index in [0.717, 1.165) is 13.2 Å². The highest BCUT2D eigenvalue weighted by Crippen LogP contribution is 2.24. The van der Waals surface area contributed by atoms with E-state index in [4.69, 9.17) is 4.74 Å². The van der Waals surface area contributed by atoms with Gasteiger partial charge in [-0.2, -0.15) is 0 Å². The van der Waals surface area contributed by atoms with E-state index in [2.05, 4.69) is 14.2 Å². The van der Waals surface area contributed by atoms with Gasteiger partial charge in [-0.3, -0.25) is 4.72 Å². The van der Waals surface area contributed by atoms with Crippen molar-refractivity contribution in [2.45, 2.75) is 11.8 Å². The molecule has 0 aliphatic rings. The molecule has 1 N–H and O–H groups in total. The lowest BCUT2D eigenvalue weighted by Crippen LogP contribution is -2.18. The molecule has 0 spiro atoms. The maximum absolute atomic E-state index is 12.8. The molecule has 2 rings (SSSR count). The quantitative estimate of drug-likeness (QED) is 0.720. The lowest BCUT2D eigenvalue weighted by Gasteiger charge is -2.13. The minimum absolute atomic E-state index is 0.0165. The van der Waals surface area contributed by atoms with E-state index in [9.17, 15) is 18.0 Å². The van der Waals surface area contributed by atoms with Crippen molar-refractivity contribution < 1.29 is 32.2 Å². The van der Waals surface area contributed by atoms with Crippen LogP contribution in [0, 0.1) is 0 Å². The summed E-state index contributed by atoms with van der Waals surface area (Å²) in [4.78, 5) is 23.3. The smallest absolute Gasteiger partial charge is 0.339 e. The third kappa shape index (κ3) is 4.76. The molecule has 0 radical (unpaired) electrons. The third-order valence-corrected chi connectivity index (χ3v) is 4.94. The standard InChI is InChI=1S/C18H19NO7S/c1-4-26-14-8-6-13(7-9-14)19-27(22,23)16-11-12(17(20)24-2)5-10-15(16)18(21)25-3/h5-11,19H,4H2,1-3H3. The van der Waals surface area contributed by atoms with Crippen LogP contribution in [0.1, 0.15) is 27.6 Å². The number of carbonyl (C=O) groups excluding carboxylic acids is 2. The number of nitrogens with one attached hydrogen (secondary N) is 1.